The predicted molar refractivity (Wildman–Crippen MR) is 114 cm³/mol. The Morgan fingerprint density at radius 3 is 2.79 bits per heavy atom. The maximum Gasteiger partial charge on any atom is 0.311 e. The maximum absolute atomic E-state index is 12.9. The lowest BCUT2D eigenvalue weighted by atomic mass is 10.0. The molecule has 0 spiro atoms. The summed E-state index contributed by atoms with van der Waals surface area (Å²) in [7, 11) is 1.48. The van der Waals surface area contributed by atoms with Crippen molar-refractivity contribution in [2.45, 2.75) is 19.8 Å². The second kappa shape index (κ2) is 8.34. The fraction of sp³-hybridized carbons (Fsp3) is 0.208. The van der Waals surface area contributed by atoms with Crippen LogP contribution in [0.15, 0.2) is 46.7 Å². The van der Waals surface area contributed by atoms with Gasteiger partial charge in [0.15, 0.2) is 17.3 Å². The van der Waals surface area contributed by atoms with Gasteiger partial charge in [0.2, 0.25) is 12.6 Å². The Labute approximate surface area is 188 Å². The first-order valence-corrected chi connectivity index (χ1v) is 10.2. The van der Waals surface area contributed by atoms with Crippen molar-refractivity contribution in [3.8, 4) is 28.9 Å². The number of rotatable bonds is 6. The molecule has 5 rings (SSSR count). The van der Waals surface area contributed by atoms with E-state index in [0.717, 1.165) is 5.56 Å². The highest BCUT2D eigenvalue weighted by Gasteiger charge is 2.30. The van der Waals surface area contributed by atoms with Crippen LogP contribution in [0, 0.1) is 6.92 Å². The van der Waals surface area contributed by atoms with Crippen LogP contribution in [0.1, 0.15) is 33.7 Å². The molecule has 3 aromatic rings. The largest absolute Gasteiger partial charge is 0.479 e. The number of carbonyl (C=O) groups excluding carboxylic acids is 2. The molecule has 0 fully saturated rings. The summed E-state index contributed by atoms with van der Waals surface area (Å²) >= 11 is 0. The molecule has 33 heavy (non-hydrogen) atoms. The monoisotopic (exact) mass is 449 g/mol. The Morgan fingerprint density at radius 2 is 1.97 bits per heavy atom. The maximum atomic E-state index is 12.9. The number of benzene rings is 2. The Bertz CT molecular complexity index is 1290. The van der Waals surface area contributed by atoms with E-state index < -0.39 is 5.97 Å². The Kier molecular flexibility index (Phi) is 5.21. The fourth-order valence-electron chi connectivity index (χ4n) is 3.61. The van der Waals surface area contributed by atoms with Crippen molar-refractivity contribution < 1.29 is 37.8 Å². The zero-order valence-electron chi connectivity index (χ0n) is 17.9. The van der Waals surface area contributed by atoms with Crippen LogP contribution in [0.2, 0.25) is 0 Å². The highest BCUT2D eigenvalue weighted by atomic mass is 16.7. The summed E-state index contributed by atoms with van der Waals surface area (Å²) in [5.41, 5.74) is 1.83. The highest BCUT2D eigenvalue weighted by molar-refractivity contribution is 6.15. The minimum atomic E-state index is -0.454. The van der Waals surface area contributed by atoms with Gasteiger partial charge in [-0.05, 0) is 47.5 Å². The van der Waals surface area contributed by atoms with Gasteiger partial charge >= 0.3 is 5.97 Å². The van der Waals surface area contributed by atoms with E-state index in [-0.39, 0.29) is 24.8 Å². The van der Waals surface area contributed by atoms with Gasteiger partial charge in [0.05, 0.1) is 19.1 Å². The molecule has 0 unspecified atom stereocenters. The number of Topliss-reactive ketones (excluding diaryl/α,β-unsaturated/α-hetero) is 1. The third-order valence-electron chi connectivity index (χ3n) is 5.19. The molecule has 0 bridgehead atoms. The van der Waals surface area contributed by atoms with Gasteiger partial charge in [-0.3, -0.25) is 9.59 Å². The molecule has 3 heterocycles. The summed E-state index contributed by atoms with van der Waals surface area (Å²) in [4.78, 5) is 25.2. The fourth-order valence-corrected chi connectivity index (χ4v) is 3.61. The molecule has 0 saturated carbocycles. The van der Waals surface area contributed by atoms with E-state index >= 15 is 0 Å². The number of ether oxygens (including phenoxy) is 5. The van der Waals surface area contributed by atoms with E-state index in [1.165, 1.54) is 13.2 Å². The summed E-state index contributed by atoms with van der Waals surface area (Å²) in [6.07, 6.45) is 2.04. The number of ketones is 1. The molecule has 2 aliphatic heterocycles. The number of allylic oxidation sites excluding steroid dienone is 1. The molecule has 1 aromatic heterocycles. The van der Waals surface area contributed by atoms with Crippen LogP contribution >= 0.6 is 0 Å². The van der Waals surface area contributed by atoms with Crippen LogP contribution in [0.25, 0.3) is 6.08 Å². The molecule has 0 radical (unpaired) electrons. The molecule has 0 amide bonds. The Morgan fingerprint density at radius 1 is 1.12 bits per heavy atom. The summed E-state index contributed by atoms with van der Waals surface area (Å²) < 4.78 is 31.9. The van der Waals surface area contributed by atoms with Crippen LogP contribution in [0.5, 0.6) is 28.9 Å². The third kappa shape index (κ3) is 4.12. The molecule has 9 heteroatoms. The van der Waals surface area contributed by atoms with Crippen LogP contribution < -0.4 is 23.7 Å². The Hall–Kier alpha value is -4.27. The van der Waals surface area contributed by atoms with Crippen LogP contribution in [0.3, 0.4) is 0 Å². The van der Waals surface area contributed by atoms with Gasteiger partial charge in [0, 0.05) is 18.6 Å². The van der Waals surface area contributed by atoms with Gasteiger partial charge in [-0.15, -0.1) is 0 Å². The molecule has 0 saturated heterocycles. The SMILES string of the molecule is COc1cc(CCC(=O)Oc2cc(C)c3c(c2)O/C(=C\c2ccc4c(c2)OCO4)C3=O)on1. The number of aryl methyl sites for hydroxylation is 2. The lowest BCUT2D eigenvalue weighted by Gasteiger charge is -2.07. The van der Waals surface area contributed by atoms with Gasteiger partial charge in [0.25, 0.3) is 5.88 Å². The predicted octanol–water partition coefficient (Wildman–Crippen LogP) is 3.87. The molecule has 0 N–H and O–H groups in total. The second-order valence-electron chi connectivity index (χ2n) is 7.48. The van der Waals surface area contributed by atoms with E-state index in [9.17, 15) is 9.59 Å². The van der Waals surface area contributed by atoms with Gasteiger partial charge in [-0.1, -0.05) is 6.07 Å². The van der Waals surface area contributed by atoms with Gasteiger partial charge in [-0.25, -0.2) is 0 Å². The first-order chi connectivity index (χ1) is 16.0. The average Bonchev–Trinajstić information content (AvgIpc) is 3.51. The minimum Gasteiger partial charge on any atom is -0.479 e. The number of nitrogens with zero attached hydrogens (tertiary/aromatic N) is 1. The molecular weight excluding hydrogens is 430 g/mol. The first-order valence-electron chi connectivity index (χ1n) is 10.2. The second-order valence-corrected chi connectivity index (χ2v) is 7.48. The van der Waals surface area contributed by atoms with Crippen LogP contribution in [0.4, 0.5) is 0 Å². The normalized spacial score (nSPS) is 14.8. The number of esters is 1. The molecule has 0 aliphatic carbocycles. The molecule has 9 nitrogen and oxygen atoms in total. The van der Waals surface area contributed by atoms with Crippen LogP contribution in [-0.2, 0) is 11.2 Å². The zero-order valence-corrected chi connectivity index (χ0v) is 17.9. The highest BCUT2D eigenvalue weighted by Crippen LogP contribution is 2.39. The average molecular weight is 449 g/mol. The van der Waals surface area contributed by atoms with Crippen molar-refractivity contribution >= 4 is 17.8 Å². The molecule has 2 aliphatic rings. The summed E-state index contributed by atoms with van der Waals surface area (Å²) in [6, 6.07) is 10.2. The summed E-state index contributed by atoms with van der Waals surface area (Å²) in [5, 5.41) is 3.69. The van der Waals surface area contributed by atoms with Crippen LogP contribution in [-0.4, -0.2) is 30.8 Å². The van der Waals surface area contributed by atoms with Crippen molar-refractivity contribution in [1.29, 1.82) is 0 Å². The van der Waals surface area contributed by atoms with Crippen molar-refractivity contribution in [2.24, 2.45) is 0 Å². The lowest BCUT2D eigenvalue weighted by Crippen LogP contribution is -2.09. The number of aromatic nitrogens is 1. The number of hydrogen-bond donors (Lipinski definition) is 0. The quantitative estimate of drug-likeness (QED) is 0.315. The minimum absolute atomic E-state index is 0.0868. The van der Waals surface area contributed by atoms with Gasteiger partial charge in [0.1, 0.15) is 17.3 Å². The van der Waals surface area contributed by atoms with E-state index in [1.54, 1.807) is 37.3 Å². The third-order valence-corrected chi connectivity index (χ3v) is 5.19. The smallest absolute Gasteiger partial charge is 0.311 e. The number of fused-ring (bicyclic) bond motifs is 2. The first kappa shape index (κ1) is 20.6. The van der Waals surface area contributed by atoms with Crippen molar-refractivity contribution in [3.05, 3.63) is 64.6 Å². The van der Waals surface area contributed by atoms with Crippen molar-refractivity contribution in [3.63, 3.8) is 0 Å². The Balaban J connectivity index is 1.29. The standard InChI is InChI=1S/C24H19NO8/c1-13-7-16(31-22(26)6-4-15-11-21(28-2)25-33-15)10-19-23(13)24(27)20(32-19)9-14-3-5-17-18(8-14)30-12-29-17/h3,5,7-11H,4,6,12H2,1-2H3/b20-9-. The van der Waals surface area contributed by atoms with E-state index in [2.05, 4.69) is 5.16 Å². The number of methoxy groups -OCH3 is 1. The number of carbonyl (C=O) groups is 2. The van der Waals surface area contributed by atoms with E-state index in [0.29, 0.717) is 52.2 Å². The molecule has 168 valence electrons. The zero-order chi connectivity index (χ0) is 22.9. The summed E-state index contributed by atoms with van der Waals surface area (Å²) in [6.45, 7) is 1.94. The van der Waals surface area contributed by atoms with Gasteiger partial charge in [-0.2, -0.15) is 0 Å². The molecule has 2 aromatic carbocycles. The molecular formula is C24H19NO8. The van der Waals surface area contributed by atoms with Crippen molar-refractivity contribution in [2.75, 3.05) is 13.9 Å². The van der Waals surface area contributed by atoms with E-state index in [4.69, 9.17) is 28.2 Å². The van der Waals surface area contributed by atoms with Crippen molar-refractivity contribution in [1.82, 2.24) is 5.16 Å². The lowest BCUT2D eigenvalue weighted by molar-refractivity contribution is -0.134. The number of hydrogen-bond acceptors (Lipinski definition) is 9. The van der Waals surface area contributed by atoms with E-state index in [1.807, 2.05) is 6.07 Å². The summed E-state index contributed by atoms with van der Waals surface area (Å²) in [5.74, 6) is 2.25. The molecule has 0 atom stereocenters. The van der Waals surface area contributed by atoms with Gasteiger partial charge < -0.3 is 28.2 Å². The topological polar surface area (TPSA) is 106 Å².